The third-order valence-corrected chi connectivity index (χ3v) is 5.14. The highest BCUT2D eigenvalue weighted by Gasteiger charge is 2.19. The molecule has 4 rings (SSSR count). The molecule has 0 amide bonds. The highest BCUT2D eigenvalue weighted by atomic mass is 32.2. The lowest BCUT2D eigenvalue weighted by molar-refractivity contribution is 0.243. The molecular formula is C18H20N4S. The molecule has 118 valence electrons. The second-order valence-corrected chi connectivity index (χ2v) is 6.87. The molecule has 1 aliphatic heterocycles. The van der Waals surface area contributed by atoms with E-state index >= 15 is 0 Å². The number of hydrogen-bond donors (Lipinski definition) is 1. The van der Waals surface area contributed by atoms with E-state index in [1.807, 2.05) is 12.5 Å². The first-order valence-corrected chi connectivity index (χ1v) is 9.14. The summed E-state index contributed by atoms with van der Waals surface area (Å²) in [6.45, 7) is 5.10. The minimum absolute atomic E-state index is 0.879. The summed E-state index contributed by atoms with van der Waals surface area (Å²) in [5.41, 5.74) is 6.41. The molecule has 0 spiro atoms. The zero-order chi connectivity index (χ0) is 15.8. The first-order chi connectivity index (χ1) is 11.2. The average molecular weight is 324 g/mol. The van der Waals surface area contributed by atoms with E-state index in [4.69, 9.17) is 0 Å². The number of nitrogens with one attached hydrogen (secondary N) is 1. The molecular weight excluding hydrogens is 304 g/mol. The molecule has 0 saturated heterocycles. The van der Waals surface area contributed by atoms with Crippen LogP contribution in [0.2, 0.25) is 0 Å². The van der Waals surface area contributed by atoms with Crippen molar-refractivity contribution in [2.75, 3.05) is 12.8 Å². The van der Waals surface area contributed by atoms with E-state index in [0.717, 1.165) is 31.2 Å². The Kier molecular flexibility index (Phi) is 3.83. The Morgan fingerprint density at radius 2 is 2.26 bits per heavy atom. The molecule has 1 aliphatic rings. The molecule has 5 heteroatoms. The van der Waals surface area contributed by atoms with Crippen molar-refractivity contribution in [1.29, 1.82) is 0 Å². The number of aromatic amines is 1. The van der Waals surface area contributed by atoms with Gasteiger partial charge in [0.15, 0.2) is 5.16 Å². The number of aromatic nitrogens is 3. The van der Waals surface area contributed by atoms with Crippen molar-refractivity contribution in [3.63, 3.8) is 0 Å². The maximum atomic E-state index is 4.64. The van der Waals surface area contributed by atoms with Crippen molar-refractivity contribution in [2.45, 2.75) is 31.6 Å². The topological polar surface area (TPSA) is 44.8 Å². The minimum atomic E-state index is 0.879. The van der Waals surface area contributed by atoms with Gasteiger partial charge in [-0.2, -0.15) is 0 Å². The number of H-pyrrole nitrogens is 1. The molecule has 0 radical (unpaired) electrons. The summed E-state index contributed by atoms with van der Waals surface area (Å²) in [4.78, 5) is 15.0. The Bertz CT molecular complexity index is 855. The highest BCUT2D eigenvalue weighted by molar-refractivity contribution is 7.98. The Morgan fingerprint density at radius 1 is 1.35 bits per heavy atom. The summed E-state index contributed by atoms with van der Waals surface area (Å²) < 4.78 is 0. The van der Waals surface area contributed by atoms with Gasteiger partial charge in [0.05, 0.1) is 5.69 Å². The molecule has 3 aromatic rings. The number of rotatable bonds is 3. The minimum Gasteiger partial charge on any atom is -0.361 e. The van der Waals surface area contributed by atoms with E-state index in [0.29, 0.717) is 0 Å². The first kappa shape index (κ1) is 14.7. The van der Waals surface area contributed by atoms with Gasteiger partial charge in [0.1, 0.15) is 0 Å². The molecule has 2 aromatic heterocycles. The summed E-state index contributed by atoms with van der Waals surface area (Å²) in [6, 6.07) is 6.50. The predicted octanol–water partition coefficient (Wildman–Crippen LogP) is 3.55. The van der Waals surface area contributed by atoms with Crippen LogP contribution in [0.3, 0.4) is 0 Å². The van der Waals surface area contributed by atoms with Crippen LogP contribution >= 0.6 is 11.8 Å². The zero-order valence-corrected chi connectivity index (χ0v) is 14.3. The Balaban J connectivity index is 1.56. The first-order valence-electron chi connectivity index (χ1n) is 7.91. The van der Waals surface area contributed by atoms with Gasteiger partial charge < -0.3 is 4.98 Å². The largest absolute Gasteiger partial charge is 0.361 e. The molecule has 4 nitrogen and oxygen atoms in total. The lowest BCUT2D eigenvalue weighted by Crippen LogP contribution is -2.30. The van der Waals surface area contributed by atoms with Crippen LogP contribution in [0.1, 0.15) is 22.4 Å². The normalized spacial score (nSPS) is 15.0. The van der Waals surface area contributed by atoms with Gasteiger partial charge in [0, 0.05) is 54.9 Å². The predicted molar refractivity (Wildman–Crippen MR) is 94.7 cm³/mol. The van der Waals surface area contributed by atoms with Crippen LogP contribution in [0.25, 0.3) is 10.9 Å². The number of para-hydroxylation sites is 1. The summed E-state index contributed by atoms with van der Waals surface area (Å²) in [6.07, 6.45) is 7.18. The Morgan fingerprint density at radius 3 is 3.13 bits per heavy atom. The van der Waals surface area contributed by atoms with Gasteiger partial charge in [-0.15, -0.1) is 0 Å². The van der Waals surface area contributed by atoms with Crippen molar-refractivity contribution in [2.24, 2.45) is 0 Å². The van der Waals surface area contributed by atoms with E-state index in [1.54, 1.807) is 11.8 Å². The van der Waals surface area contributed by atoms with Crippen LogP contribution in [0.5, 0.6) is 0 Å². The van der Waals surface area contributed by atoms with Crippen LogP contribution in [0, 0.1) is 6.92 Å². The lowest BCUT2D eigenvalue weighted by atomic mass is 10.1. The maximum Gasteiger partial charge on any atom is 0.187 e. The molecule has 0 bridgehead atoms. The lowest BCUT2D eigenvalue weighted by Gasteiger charge is -2.27. The molecule has 0 aliphatic carbocycles. The van der Waals surface area contributed by atoms with E-state index in [2.05, 4.69) is 51.2 Å². The summed E-state index contributed by atoms with van der Waals surface area (Å²) >= 11 is 1.61. The Labute approximate surface area is 140 Å². The Hall–Kier alpha value is -1.85. The second-order valence-electron chi connectivity index (χ2n) is 6.10. The van der Waals surface area contributed by atoms with E-state index in [-0.39, 0.29) is 0 Å². The average Bonchev–Trinajstić information content (AvgIpc) is 2.99. The molecule has 1 aromatic carbocycles. The van der Waals surface area contributed by atoms with Crippen molar-refractivity contribution in [3.8, 4) is 0 Å². The number of nitrogens with zero attached hydrogens (tertiary/aromatic N) is 3. The molecule has 0 fully saturated rings. The quantitative estimate of drug-likeness (QED) is 0.591. The number of fused-ring (bicyclic) bond motifs is 2. The monoisotopic (exact) mass is 324 g/mol. The molecule has 0 saturated carbocycles. The second kappa shape index (κ2) is 5.98. The molecule has 0 unspecified atom stereocenters. The van der Waals surface area contributed by atoms with E-state index < -0.39 is 0 Å². The van der Waals surface area contributed by atoms with E-state index in [9.17, 15) is 0 Å². The fourth-order valence-electron chi connectivity index (χ4n) is 3.33. The molecule has 0 atom stereocenters. The van der Waals surface area contributed by atoms with Crippen LogP contribution in [0.4, 0.5) is 0 Å². The van der Waals surface area contributed by atoms with Crippen molar-refractivity contribution in [3.05, 3.63) is 53.0 Å². The van der Waals surface area contributed by atoms with Crippen LogP contribution in [0.15, 0.2) is 35.7 Å². The van der Waals surface area contributed by atoms with E-state index in [1.165, 1.54) is 33.3 Å². The van der Waals surface area contributed by atoms with Crippen molar-refractivity contribution >= 4 is 22.7 Å². The third kappa shape index (κ3) is 2.75. The van der Waals surface area contributed by atoms with Gasteiger partial charge in [-0.1, -0.05) is 30.0 Å². The maximum absolute atomic E-state index is 4.64. The zero-order valence-electron chi connectivity index (χ0n) is 13.5. The standard InChI is InChI=1S/C18H20N4S/c1-12-4-3-5-15-13(8-19-17(12)15)10-22-7-6-16-14(11-22)9-20-18(21-16)23-2/h3-5,8-9,19H,6-7,10-11H2,1-2H3. The third-order valence-electron chi connectivity index (χ3n) is 4.58. The summed E-state index contributed by atoms with van der Waals surface area (Å²) in [7, 11) is 0. The van der Waals surface area contributed by atoms with Gasteiger partial charge in [-0.25, -0.2) is 9.97 Å². The summed E-state index contributed by atoms with van der Waals surface area (Å²) in [5, 5.41) is 2.22. The van der Waals surface area contributed by atoms with Crippen LogP contribution < -0.4 is 0 Å². The molecule has 3 heterocycles. The summed E-state index contributed by atoms with van der Waals surface area (Å²) in [5.74, 6) is 0. The van der Waals surface area contributed by atoms with Crippen molar-refractivity contribution in [1.82, 2.24) is 19.9 Å². The molecule has 23 heavy (non-hydrogen) atoms. The SMILES string of the molecule is CSc1ncc2c(n1)CCN(Cc1c[nH]c3c(C)cccc13)C2. The number of benzene rings is 1. The van der Waals surface area contributed by atoms with Gasteiger partial charge in [-0.3, -0.25) is 4.90 Å². The highest BCUT2D eigenvalue weighted by Crippen LogP contribution is 2.25. The number of hydrogen-bond acceptors (Lipinski definition) is 4. The fraction of sp³-hybridized carbons (Fsp3) is 0.333. The number of aryl methyl sites for hydroxylation is 1. The smallest absolute Gasteiger partial charge is 0.187 e. The molecule has 1 N–H and O–H groups in total. The van der Waals surface area contributed by atoms with Gasteiger partial charge in [0.2, 0.25) is 0 Å². The van der Waals surface area contributed by atoms with Crippen LogP contribution in [-0.4, -0.2) is 32.7 Å². The fourth-order valence-corrected chi connectivity index (χ4v) is 3.68. The van der Waals surface area contributed by atoms with Gasteiger partial charge in [-0.05, 0) is 24.3 Å². The van der Waals surface area contributed by atoms with Crippen molar-refractivity contribution < 1.29 is 0 Å². The van der Waals surface area contributed by atoms with Crippen LogP contribution in [-0.2, 0) is 19.5 Å². The van der Waals surface area contributed by atoms with Gasteiger partial charge >= 0.3 is 0 Å². The van der Waals surface area contributed by atoms with Gasteiger partial charge in [0.25, 0.3) is 0 Å². The number of thioether (sulfide) groups is 1.